The number of hydrogen-bond acceptors (Lipinski definition) is 13. The van der Waals surface area contributed by atoms with Gasteiger partial charge in [-0.25, -0.2) is 4.98 Å². The number of benzene rings is 3. The van der Waals surface area contributed by atoms with Gasteiger partial charge >= 0.3 is 0 Å². The molecule has 1 fully saturated rings. The third kappa shape index (κ3) is 11.0. The summed E-state index contributed by atoms with van der Waals surface area (Å²) in [5.74, 6) is -0.347. The van der Waals surface area contributed by atoms with Gasteiger partial charge in [-0.1, -0.05) is 18.2 Å². The van der Waals surface area contributed by atoms with Crippen molar-refractivity contribution in [2.24, 2.45) is 0 Å². The normalized spacial score (nSPS) is 17.3. The number of anilines is 1. The van der Waals surface area contributed by atoms with Crippen LogP contribution in [-0.4, -0.2) is 122 Å². The van der Waals surface area contributed by atoms with Gasteiger partial charge in [-0.05, 0) is 80.5 Å². The van der Waals surface area contributed by atoms with Crippen LogP contribution in [0.5, 0.6) is 11.5 Å². The van der Waals surface area contributed by atoms with Crippen molar-refractivity contribution in [2.45, 2.75) is 76.9 Å². The molecule has 6 amide bonds. The number of methoxy groups -OCH3 is 1. The molecule has 0 bridgehead atoms. The molecular formula is C49H57N7O11. The van der Waals surface area contributed by atoms with E-state index in [-0.39, 0.29) is 54.9 Å². The first kappa shape index (κ1) is 46.9. The van der Waals surface area contributed by atoms with Gasteiger partial charge in [0.05, 0.1) is 76.2 Å². The number of amides is 6. The Morgan fingerprint density at radius 1 is 0.851 bits per heavy atom. The van der Waals surface area contributed by atoms with Crippen LogP contribution >= 0.6 is 0 Å². The SMILES string of the molecule is COc1cc(C(=O)N[C@@H]2CCc3ccc(-c4cn5c(n4)CCC5)cc32)cc(OCCCNC(=O)CCOCCOCCOCCNc2cccc3c2C(=O)N(C2CCC(=O)NC2=O)C3=O)c1C. The Morgan fingerprint density at radius 2 is 1.64 bits per heavy atom. The molecule has 3 aromatic carbocycles. The molecular weight excluding hydrogens is 863 g/mol. The van der Waals surface area contributed by atoms with Crippen LogP contribution in [0.3, 0.4) is 0 Å². The molecule has 354 valence electrons. The van der Waals surface area contributed by atoms with Crippen LogP contribution in [0, 0.1) is 6.92 Å². The number of imidazole rings is 1. The van der Waals surface area contributed by atoms with Crippen LogP contribution in [0.15, 0.2) is 54.7 Å². The van der Waals surface area contributed by atoms with E-state index >= 15 is 0 Å². The second-order valence-electron chi connectivity index (χ2n) is 16.9. The highest BCUT2D eigenvalue weighted by Crippen LogP contribution is 2.37. The Labute approximate surface area is 388 Å². The molecule has 3 aliphatic heterocycles. The summed E-state index contributed by atoms with van der Waals surface area (Å²) in [4.78, 5) is 82.0. The van der Waals surface area contributed by atoms with Crippen LogP contribution in [0.4, 0.5) is 5.69 Å². The molecule has 18 nitrogen and oxygen atoms in total. The smallest absolute Gasteiger partial charge is 0.264 e. The molecule has 1 saturated heterocycles. The first-order chi connectivity index (χ1) is 32.6. The van der Waals surface area contributed by atoms with Gasteiger partial charge in [0.1, 0.15) is 23.4 Å². The van der Waals surface area contributed by atoms with Crippen molar-refractivity contribution in [1.29, 1.82) is 0 Å². The molecule has 8 rings (SSSR count). The lowest BCUT2D eigenvalue weighted by molar-refractivity contribution is -0.136. The summed E-state index contributed by atoms with van der Waals surface area (Å²) < 4.78 is 30.7. The number of nitrogens with one attached hydrogen (secondary N) is 4. The number of aromatic nitrogens is 2. The van der Waals surface area contributed by atoms with Gasteiger partial charge in [-0.15, -0.1) is 0 Å². The highest BCUT2D eigenvalue weighted by atomic mass is 16.5. The summed E-state index contributed by atoms with van der Waals surface area (Å²) in [5, 5.41) is 11.5. The van der Waals surface area contributed by atoms with Gasteiger partial charge in [0.15, 0.2) is 0 Å². The Balaban J connectivity index is 0.668. The minimum atomic E-state index is -1.03. The zero-order chi connectivity index (χ0) is 46.9. The van der Waals surface area contributed by atoms with Gasteiger partial charge in [0.25, 0.3) is 17.7 Å². The summed E-state index contributed by atoms with van der Waals surface area (Å²) in [7, 11) is 1.57. The summed E-state index contributed by atoms with van der Waals surface area (Å²) >= 11 is 0. The van der Waals surface area contributed by atoms with Crippen molar-refractivity contribution in [1.82, 2.24) is 30.4 Å². The van der Waals surface area contributed by atoms with Gasteiger partial charge < -0.3 is 44.2 Å². The highest BCUT2D eigenvalue weighted by Gasteiger charge is 2.45. The fraction of sp³-hybridized carbons (Fsp3) is 0.449. The lowest BCUT2D eigenvalue weighted by Crippen LogP contribution is -2.54. The van der Waals surface area contributed by atoms with E-state index < -0.39 is 29.7 Å². The van der Waals surface area contributed by atoms with Crippen molar-refractivity contribution in [2.75, 3.05) is 71.8 Å². The minimum Gasteiger partial charge on any atom is -0.496 e. The van der Waals surface area contributed by atoms with Crippen LogP contribution < -0.4 is 30.7 Å². The van der Waals surface area contributed by atoms with Crippen molar-refractivity contribution in [3.63, 3.8) is 0 Å². The second-order valence-corrected chi connectivity index (χ2v) is 16.9. The quantitative estimate of drug-likeness (QED) is 0.0611. The number of rotatable bonds is 23. The Bertz CT molecular complexity index is 2500. The number of fused-ring (bicyclic) bond motifs is 3. The van der Waals surface area contributed by atoms with E-state index in [1.807, 2.05) is 6.92 Å². The lowest BCUT2D eigenvalue weighted by atomic mass is 10.0. The summed E-state index contributed by atoms with van der Waals surface area (Å²) in [6, 6.07) is 13.7. The Hall–Kier alpha value is -6.63. The maximum Gasteiger partial charge on any atom is 0.264 e. The summed E-state index contributed by atoms with van der Waals surface area (Å²) in [6.45, 7) is 5.81. The third-order valence-electron chi connectivity index (χ3n) is 12.4. The molecule has 0 radical (unpaired) electrons. The van der Waals surface area contributed by atoms with E-state index in [1.165, 1.54) is 5.56 Å². The molecule has 1 aromatic heterocycles. The molecule has 4 heterocycles. The molecule has 1 unspecified atom stereocenters. The maximum atomic E-state index is 13.6. The minimum absolute atomic E-state index is 0.0510. The Morgan fingerprint density at radius 3 is 2.43 bits per heavy atom. The van der Waals surface area contributed by atoms with E-state index in [4.69, 9.17) is 28.7 Å². The third-order valence-corrected chi connectivity index (χ3v) is 12.4. The number of aryl methyl sites for hydroxylation is 3. The van der Waals surface area contributed by atoms with E-state index in [9.17, 15) is 28.8 Å². The average Bonchev–Trinajstić information content (AvgIpc) is 4.10. The van der Waals surface area contributed by atoms with Crippen molar-refractivity contribution in [3.8, 4) is 22.8 Å². The van der Waals surface area contributed by atoms with Gasteiger partial charge in [-0.3, -0.25) is 39.0 Å². The molecule has 67 heavy (non-hydrogen) atoms. The molecule has 0 spiro atoms. The average molecular weight is 920 g/mol. The summed E-state index contributed by atoms with van der Waals surface area (Å²) in [6.07, 6.45) is 6.86. The molecule has 4 N–H and O–H groups in total. The van der Waals surface area contributed by atoms with E-state index in [0.29, 0.717) is 81.9 Å². The molecule has 4 aliphatic rings. The van der Waals surface area contributed by atoms with E-state index in [0.717, 1.165) is 65.3 Å². The lowest BCUT2D eigenvalue weighted by Gasteiger charge is -2.27. The van der Waals surface area contributed by atoms with E-state index in [1.54, 1.807) is 37.4 Å². The molecule has 2 atom stereocenters. The largest absolute Gasteiger partial charge is 0.496 e. The van der Waals surface area contributed by atoms with Crippen LogP contribution in [0.25, 0.3) is 11.3 Å². The fourth-order valence-electron chi connectivity index (χ4n) is 8.90. The maximum absolute atomic E-state index is 13.6. The number of ether oxygens (including phenoxy) is 5. The monoisotopic (exact) mass is 919 g/mol. The van der Waals surface area contributed by atoms with Crippen molar-refractivity contribution < 1.29 is 52.5 Å². The van der Waals surface area contributed by atoms with Crippen LogP contribution in [-0.2, 0) is 48.0 Å². The summed E-state index contributed by atoms with van der Waals surface area (Å²) in [5.41, 5.74) is 6.46. The van der Waals surface area contributed by atoms with Crippen molar-refractivity contribution >= 4 is 41.1 Å². The highest BCUT2D eigenvalue weighted by molar-refractivity contribution is 6.25. The number of piperidine rings is 1. The number of carbonyl (C=O) groups excluding carboxylic acids is 6. The van der Waals surface area contributed by atoms with E-state index in [2.05, 4.69) is 50.2 Å². The molecule has 4 aromatic rings. The van der Waals surface area contributed by atoms with Crippen molar-refractivity contribution in [3.05, 3.63) is 93.9 Å². The predicted octanol–water partition coefficient (Wildman–Crippen LogP) is 4.07. The topological polar surface area (TPSA) is 218 Å². The molecule has 0 saturated carbocycles. The number of hydrogen-bond donors (Lipinski definition) is 4. The Kier molecular flexibility index (Phi) is 15.2. The second kappa shape index (κ2) is 21.8. The first-order valence-electron chi connectivity index (χ1n) is 23.0. The van der Waals surface area contributed by atoms with Gasteiger partial charge in [0.2, 0.25) is 17.7 Å². The number of carbonyl (C=O) groups is 6. The zero-order valence-corrected chi connectivity index (χ0v) is 37.9. The predicted molar refractivity (Wildman–Crippen MR) is 244 cm³/mol. The zero-order valence-electron chi connectivity index (χ0n) is 37.9. The number of nitrogens with zero attached hydrogens (tertiary/aromatic N) is 3. The fourth-order valence-corrected chi connectivity index (χ4v) is 8.90. The first-order valence-corrected chi connectivity index (χ1v) is 23.0. The molecule has 18 heteroatoms. The molecule has 1 aliphatic carbocycles. The van der Waals surface area contributed by atoms with Gasteiger partial charge in [0, 0.05) is 67.5 Å². The standard InChI is InChI=1S/C49H57N7O11/c1-30-40(63-2)27-33(46(59)53-36-12-11-31-9-10-32(26-35(31)36)38-29-55-18-4-8-42(55)52-38)28-41(30)67-19-5-16-51-43(57)15-20-64-22-24-66-25-23-65-21-17-50-37-7-3-6-34-45(37)49(62)56(48(34)61)39-13-14-44(58)54-47(39)60/h3,6-7,9-10,26-29,36,39,50H,4-5,8,11-25H2,1-2H3,(H,51,57)(H,53,59)(H,54,58,60)/t36-,39?/m1/s1. The number of imide groups is 2. The van der Waals surface area contributed by atoms with Crippen LogP contribution in [0.2, 0.25) is 0 Å². The van der Waals surface area contributed by atoms with Gasteiger partial charge in [-0.2, -0.15) is 0 Å². The van der Waals surface area contributed by atoms with Crippen LogP contribution in [0.1, 0.15) is 98.2 Å².